The molecule has 4 aromatic carbocycles. The summed E-state index contributed by atoms with van der Waals surface area (Å²) in [5.41, 5.74) is 2.70. The molecule has 0 radical (unpaired) electrons. The quantitative estimate of drug-likeness (QED) is 0.343. The molecule has 0 saturated carbocycles. The van der Waals surface area contributed by atoms with Crippen LogP contribution in [-0.4, -0.2) is 16.7 Å². The molecule has 0 aromatic heterocycles. The molecule has 4 aromatic rings. The fourth-order valence-electron chi connectivity index (χ4n) is 6.41. The van der Waals surface area contributed by atoms with E-state index in [-0.39, 0.29) is 17.3 Å². The van der Waals surface area contributed by atoms with Crippen molar-refractivity contribution in [3.8, 4) is 5.75 Å². The first-order valence-electron chi connectivity index (χ1n) is 12.5. The average molecular weight is 483 g/mol. The number of allylic oxidation sites excluding steroid dienone is 5. The van der Waals surface area contributed by atoms with Gasteiger partial charge in [0.25, 0.3) is 0 Å². The van der Waals surface area contributed by atoms with E-state index in [1.165, 1.54) is 0 Å². The zero-order valence-corrected chi connectivity index (χ0v) is 20.3. The molecule has 2 aliphatic carbocycles. The highest BCUT2D eigenvalue weighted by atomic mass is 16.3. The van der Waals surface area contributed by atoms with E-state index in [0.717, 1.165) is 27.6 Å². The number of fused-ring (bicyclic) bond motifs is 2. The molecule has 0 heterocycles. The largest absolute Gasteiger partial charge is 0.507 e. The van der Waals surface area contributed by atoms with E-state index in [2.05, 4.69) is 12.7 Å². The molecule has 0 bridgehead atoms. The van der Waals surface area contributed by atoms with Gasteiger partial charge in [0.1, 0.15) is 5.75 Å². The second-order valence-corrected chi connectivity index (χ2v) is 9.74. The second kappa shape index (κ2) is 8.86. The number of aromatic hydroxyl groups is 1. The van der Waals surface area contributed by atoms with Gasteiger partial charge in [-0.25, -0.2) is 0 Å². The normalized spacial score (nSPS) is 23.2. The Kier molecular flexibility index (Phi) is 5.49. The van der Waals surface area contributed by atoms with Crippen LogP contribution in [0.15, 0.2) is 127 Å². The van der Waals surface area contributed by atoms with Crippen molar-refractivity contribution in [1.29, 1.82) is 0 Å². The van der Waals surface area contributed by atoms with Crippen molar-refractivity contribution in [3.63, 3.8) is 0 Å². The van der Waals surface area contributed by atoms with E-state index in [9.17, 15) is 14.7 Å². The number of hydrogen-bond acceptors (Lipinski definition) is 3. The lowest BCUT2D eigenvalue weighted by Crippen LogP contribution is -2.54. The molecule has 3 nitrogen and oxygen atoms in total. The number of carbonyl (C=O) groups excluding carboxylic acids is 2. The molecule has 37 heavy (non-hydrogen) atoms. The Labute approximate surface area is 216 Å². The molecular formula is C34H26O3. The lowest BCUT2D eigenvalue weighted by atomic mass is 9.49. The Hall–Kier alpha value is -4.50. The molecule has 3 atom stereocenters. The van der Waals surface area contributed by atoms with Crippen LogP contribution in [0.1, 0.15) is 29.0 Å². The minimum absolute atomic E-state index is 0.0258. The summed E-state index contributed by atoms with van der Waals surface area (Å²) >= 11 is 0. The van der Waals surface area contributed by atoms with Gasteiger partial charge in [0.15, 0.2) is 11.6 Å². The van der Waals surface area contributed by atoms with Gasteiger partial charge in [-0.05, 0) is 46.2 Å². The summed E-state index contributed by atoms with van der Waals surface area (Å²) in [5.74, 6) is -0.966. The first kappa shape index (κ1) is 22.9. The molecule has 2 aliphatic rings. The molecule has 0 amide bonds. The number of carbonyl (C=O) groups is 2. The van der Waals surface area contributed by atoms with Gasteiger partial charge in [-0.2, -0.15) is 0 Å². The number of phenols is 1. The van der Waals surface area contributed by atoms with Gasteiger partial charge in [-0.3, -0.25) is 9.59 Å². The Morgan fingerprint density at radius 1 is 0.811 bits per heavy atom. The average Bonchev–Trinajstić information content (AvgIpc) is 2.95. The van der Waals surface area contributed by atoms with E-state index < -0.39 is 17.3 Å². The van der Waals surface area contributed by atoms with Crippen molar-refractivity contribution >= 4 is 27.9 Å². The summed E-state index contributed by atoms with van der Waals surface area (Å²) in [4.78, 5) is 28.8. The summed E-state index contributed by atoms with van der Waals surface area (Å²) in [6.07, 6.45) is 5.87. The number of phenolic OH excluding ortho intramolecular Hbond substituents is 1. The third-order valence-electron chi connectivity index (χ3n) is 8.01. The summed E-state index contributed by atoms with van der Waals surface area (Å²) in [6.45, 7) is 4.10. The SMILES string of the molecule is C=CC1=CC[C@H]2C(=O)C(c3ccccc3)=CC(=O)[C@@]2(c2ccccc2)[C@H]1c1ccc(O)c2ccccc12. The van der Waals surface area contributed by atoms with Crippen LogP contribution in [0.2, 0.25) is 0 Å². The Morgan fingerprint density at radius 2 is 1.46 bits per heavy atom. The minimum Gasteiger partial charge on any atom is -0.507 e. The molecule has 0 saturated heterocycles. The van der Waals surface area contributed by atoms with E-state index >= 15 is 0 Å². The van der Waals surface area contributed by atoms with Gasteiger partial charge in [-0.1, -0.05) is 110 Å². The van der Waals surface area contributed by atoms with Crippen LogP contribution in [0, 0.1) is 5.92 Å². The maximum Gasteiger partial charge on any atom is 0.168 e. The van der Waals surface area contributed by atoms with Crippen LogP contribution >= 0.6 is 0 Å². The lowest BCUT2D eigenvalue weighted by Gasteiger charge is -2.50. The van der Waals surface area contributed by atoms with Crippen molar-refractivity contribution in [2.45, 2.75) is 17.8 Å². The maximum absolute atomic E-state index is 14.6. The van der Waals surface area contributed by atoms with Crippen molar-refractivity contribution in [2.75, 3.05) is 0 Å². The molecule has 0 spiro atoms. The highest BCUT2D eigenvalue weighted by Crippen LogP contribution is 2.58. The molecule has 1 N–H and O–H groups in total. The van der Waals surface area contributed by atoms with Crippen molar-refractivity contribution in [2.24, 2.45) is 5.92 Å². The smallest absolute Gasteiger partial charge is 0.168 e. The van der Waals surface area contributed by atoms with E-state index in [1.807, 2.05) is 91.0 Å². The van der Waals surface area contributed by atoms with E-state index in [1.54, 1.807) is 18.2 Å². The number of benzene rings is 4. The summed E-state index contributed by atoms with van der Waals surface area (Å²) < 4.78 is 0. The van der Waals surface area contributed by atoms with Crippen LogP contribution < -0.4 is 0 Å². The van der Waals surface area contributed by atoms with Crippen LogP contribution in [0.25, 0.3) is 16.3 Å². The van der Waals surface area contributed by atoms with Crippen molar-refractivity contribution < 1.29 is 14.7 Å². The fraction of sp³-hybridized carbons (Fsp3) is 0.118. The van der Waals surface area contributed by atoms with E-state index in [4.69, 9.17) is 0 Å². The second-order valence-electron chi connectivity index (χ2n) is 9.74. The van der Waals surface area contributed by atoms with Gasteiger partial charge in [0.2, 0.25) is 0 Å². The Morgan fingerprint density at radius 3 is 2.16 bits per heavy atom. The van der Waals surface area contributed by atoms with Crippen LogP contribution in [0.3, 0.4) is 0 Å². The minimum atomic E-state index is -1.14. The molecule has 0 unspecified atom stereocenters. The maximum atomic E-state index is 14.6. The summed E-state index contributed by atoms with van der Waals surface area (Å²) in [7, 11) is 0. The monoisotopic (exact) mass is 482 g/mol. The van der Waals surface area contributed by atoms with Crippen molar-refractivity contribution in [3.05, 3.63) is 144 Å². The third-order valence-corrected chi connectivity index (χ3v) is 8.01. The van der Waals surface area contributed by atoms with Crippen LogP contribution in [-0.2, 0) is 15.0 Å². The standard InChI is InChI=1S/C34H26O3/c1-2-22-17-19-29-33(37)28(23-11-5-3-6-12-23)21-31(36)34(29,24-13-7-4-8-14-24)32(22)27-18-20-30(35)26-16-10-9-15-25(26)27/h2-18,20-21,29,32,35H,1,19H2/t29-,32+,34-/m0/s1. The first-order chi connectivity index (χ1) is 18.1. The summed E-state index contributed by atoms with van der Waals surface area (Å²) in [6, 6.07) is 30.4. The van der Waals surface area contributed by atoms with Gasteiger partial charge in [-0.15, -0.1) is 0 Å². The zero-order valence-electron chi connectivity index (χ0n) is 20.3. The van der Waals surface area contributed by atoms with Gasteiger partial charge in [0, 0.05) is 22.8 Å². The van der Waals surface area contributed by atoms with E-state index in [0.29, 0.717) is 17.4 Å². The molecule has 6 rings (SSSR count). The van der Waals surface area contributed by atoms with Crippen LogP contribution in [0.4, 0.5) is 0 Å². The van der Waals surface area contributed by atoms with Gasteiger partial charge >= 0.3 is 0 Å². The number of hydrogen-bond donors (Lipinski definition) is 1. The predicted octanol–water partition coefficient (Wildman–Crippen LogP) is 6.93. The molecule has 0 aliphatic heterocycles. The topological polar surface area (TPSA) is 54.4 Å². The van der Waals surface area contributed by atoms with Crippen LogP contribution in [0.5, 0.6) is 5.75 Å². The zero-order chi connectivity index (χ0) is 25.6. The number of ketones is 2. The fourth-order valence-corrected chi connectivity index (χ4v) is 6.41. The first-order valence-corrected chi connectivity index (χ1v) is 12.5. The van der Waals surface area contributed by atoms with Gasteiger partial charge in [0.05, 0.1) is 5.41 Å². The number of Topliss-reactive ketones (excluding diaryl/α,β-unsaturated/α-hetero) is 1. The molecule has 3 heteroatoms. The molecular weight excluding hydrogens is 456 g/mol. The highest BCUT2D eigenvalue weighted by molar-refractivity contribution is 6.31. The van der Waals surface area contributed by atoms with Gasteiger partial charge < -0.3 is 5.11 Å². The van der Waals surface area contributed by atoms with Crippen molar-refractivity contribution in [1.82, 2.24) is 0 Å². The molecule has 0 fully saturated rings. The Balaban J connectivity index is 1.69. The number of rotatable bonds is 4. The highest BCUT2D eigenvalue weighted by Gasteiger charge is 2.59. The predicted molar refractivity (Wildman–Crippen MR) is 147 cm³/mol. The summed E-state index contributed by atoms with van der Waals surface area (Å²) in [5, 5.41) is 12.2. The molecule has 180 valence electrons. The lowest BCUT2D eigenvalue weighted by molar-refractivity contribution is -0.131. The Bertz CT molecular complexity index is 1610. The third kappa shape index (κ3) is 3.35.